The molecule has 1 spiro atoms. The van der Waals surface area contributed by atoms with E-state index in [0.717, 1.165) is 44.6 Å². The Kier molecular flexibility index (Phi) is 3.33. The van der Waals surface area contributed by atoms with E-state index in [1.807, 2.05) is 12.1 Å². The molecular weight excluding hydrogens is 233 g/mol. The molecule has 0 aliphatic carbocycles. The zero-order valence-electron chi connectivity index (χ0n) is 10.3. The van der Waals surface area contributed by atoms with Crippen molar-refractivity contribution in [3.8, 4) is 0 Å². The van der Waals surface area contributed by atoms with Crippen LogP contribution in [0.1, 0.15) is 30.9 Å². The highest BCUT2D eigenvalue weighted by atomic mass is 19.1. The minimum atomic E-state index is -0.428. The number of ether oxygens (including phenoxy) is 2. The Morgan fingerprint density at radius 3 is 2.61 bits per heavy atom. The van der Waals surface area contributed by atoms with E-state index in [0.29, 0.717) is 0 Å². The summed E-state index contributed by atoms with van der Waals surface area (Å²) in [6, 6.07) is 6.84. The predicted octanol–water partition coefficient (Wildman–Crippen LogP) is 2.38. The van der Waals surface area contributed by atoms with Gasteiger partial charge in [-0.2, -0.15) is 0 Å². The van der Waals surface area contributed by atoms with Crippen molar-refractivity contribution in [3.05, 3.63) is 35.6 Å². The zero-order chi connectivity index (χ0) is 12.4. The SMILES string of the molecule is Fc1ccc(C2CC3(CCN2)OCCCO3)cc1. The molecule has 0 aromatic heterocycles. The molecule has 2 heterocycles. The van der Waals surface area contributed by atoms with Gasteiger partial charge in [0.05, 0.1) is 13.2 Å². The third kappa shape index (κ3) is 2.41. The average Bonchev–Trinajstić information content (AvgIpc) is 2.40. The van der Waals surface area contributed by atoms with Gasteiger partial charge in [-0.3, -0.25) is 0 Å². The van der Waals surface area contributed by atoms with Crippen LogP contribution in [-0.2, 0) is 9.47 Å². The molecule has 1 aromatic rings. The Bertz CT molecular complexity index is 395. The second kappa shape index (κ2) is 4.96. The van der Waals surface area contributed by atoms with Crippen LogP contribution in [0.15, 0.2) is 24.3 Å². The second-order valence-electron chi connectivity index (χ2n) is 4.97. The fourth-order valence-electron chi connectivity index (χ4n) is 2.73. The second-order valence-corrected chi connectivity index (χ2v) is 4.97. The summed E-state index contributed by atoms with van der Waals surface area (Å²) in [6.07, 6.45) is 2.64. The maximum absolute atomic E-state index is 12.9. The third-order valence-corrected chi connectivity index (χ3v) is 3.70. The van der Waals surface area contributed by atoms with Crippen LogP contribution in [0.4, 0.5) is 4.39 Å². The topological polar surface area (TPSA) is 30.5 Å². The third-order valence-electron chi connectivity index (χ3n) is 3.70. The number of nitrogens with one attached hydrogen (secondary N) is 1. The highest BCUT2D eigenvalue weighted by molar-refractivity contribution is 5.21. The first-order chi connectivity index (χ1) is 8.77. The summed E-state index contributed by atoms with van der Waals surface area (Å²) in [6.45, 7) is 2.41. The first-order valence-corrected chi connectivity index (χ1v) is 6.54. The van der Waals surface area contributed by atoms with Crippen LogP contribution in [0.5, 0.6) is 0 Å². The van der Waals surface area contributed by atoms with Gasteiger partial charge in [0.25, 0.3) is 0 Å². The van der Waals surface area contributed by atoms with Gasteiger partial charge >= 0.3 is 0 Å². The van der Waals surface area contributed by atoms with Crippen LogP contribution in [0.3, 0.4) is 0 Å². The quantitative estimate of drug-likeness (QED) is 0.831. The highest BCUT2D eigenvalue weighted by Gasteiger charge is 2.40. The van der Waals surface area contributed by atoms with E-state index < -0.39 is 5.79 Å². The standard InChI is InChI=1S/C14H18FNO2/c15-12-4-2-11(3-5-12)13-10-14(6-7-16-13)17-8-1-9-18-14/h2-5,13,16H,1,6-10H2. The maximum Gasteiger partial charge on any atom is 0.171 e. The molecule has 3 nitrogen and oxygen atoms in total. The van der Waals surface area contributed by atoms with Gasteiger partial charge in [0.15, 0.2) is 5.79 Å². The lowest BCUT2D eigenvalue weighted by Gasteiger charge is -2.43. The molecule has 2 aliphatic rings. The van der Waals surface area contributed by atoms with Gasteiger partial charge in [-0.15, -0.1) is 0 Å². The molecule has 2 fully saturated rings. The summed E-state index contributed by atoms with van der Waals surface area (Å²) in [5.74, 6) is -0.628. The highest BCUT2D eigenvalue weighted by Crippen LogP contribution is 2.36. The Morgan fingerprint density at radius 2 is 1.89 bits per heavy atom. The van der Waals surface area contributed by atoms with Gasteiger partial charge in [-0.25, -0.2) is 4.39 Å². The summed E-state index contributed by atoms with van der Waals surface area (Å²) in [7, 11) is 0. The lowest BCUT2D eigenvalue weighted by molar-refractivity contribution is -0.281. The van der Waals surface area contributed by atoms with E-state index >= 15 is 0 Å². The van der Waals surface area contributed by atoms with Crippen molar-refractivity contribution in [2.24, 2.45) is 0 Å². The van der Waals surface area contributed by atoms with Crippen LogP contribution in [0, 0.1) is 5.82 Å². The van der Waals surface area contributed by atoms with E-state index in [9.17, 15) is 4.39 Å². The molecule has 4 heteroatoms. The smallest absolute Gasteiger partial charge is 0.171 e. The van der Waals surface area contributed by atoms with E-state index in [4.69, 9.17) is 9.47 Å². The van der Waals surface area contributed by atoms with Crippen molar-refractivity contribution >= 4 is 0 Å². The molecular formula is C14H18FNO2. The summed E-state index contributed by atoms with van der Waals surface area (Å²) in [5, 5.41) is 3.44. The molecule has 0 bridgehead atoms. The molecule has 0 amide bonds. The molecule has 1 unspecified atom stereocenters. The number of piperidine rings is 1. The Labute approximate surface area is 106 Å². The molecule has 3 rings (SSSR count). The average molecular weight is 251 g/mol. The van der Waals surface area contributed by atoms with E-state index in [-0.39, 0.29) is 11.9 Å². The number of rotatable bonds is 1. The van der Waals surface area contributed by atoms with Gasteiger partial charge < -0.3 is 14.8 Å². The van der Waals surface area contributed by atoms with Gasteiger partial charge in [0, 0.05) is 25.4 Å². The number of hydrogen-bond acceptors (Lipinski definition) is 3. The molecule has 18 heavy (non-hydrogen) atoms. The lowest BCUT2D eigenvalue weighted by Crippen LogP contribution is -2.49. The Hall–Kier alpha value is -0.970. The molecule has 1 atom stereocenters. The molecule has 98 valence electrons. The summed E-state index contributed by atoms with van der Waals surface area (Å²) >= 11 is 0. The zero-order valence-corrected chi connectivity index (χ0v) is 10.3. The number of benzene rings is 1. The molecule has 0 saturated carbocycles. The van der Waals surface area contributed by atoms with Gasteiger partial charge in [-0.1, -0.05) is 12.1 Å². The molecule has 0 radical (unpaired) electrons. The van der Waals surface area contributed by atoms with E-state index in [1.165, 1.54) is 12.1 Å². The molecule has 2 saturated heterocycles. The minimum Gasteiger partial charge on any atom is -0.350 e. The van der Waals surface area contributed by atoms with Crippen molar-refractivity contribution in [1.29, 1.82) is 0 Å². The van der Waals surface area contributed by atoms with Crippen LogP contribution in [-0.4, -0.2) is 25.5 Å². The van der Waals surface area contributed by atoms with Crippen molar-refractivity contribution < 1.29 is 13.9 Å². The minimum absolute atomic E-state index is 0.178. The normalized spacial score (nSPS) is 27.3. The largest absolute Gasteiger partial charge is 0.350 e. The van der Waals surface area contributed by atoms with Crippen LogP contribution in [0.2, 0.25) is 0 Å². The molecule has 1 N–H and O–H groups in total. The molecule has 1 aromatic carbocycles. The maximum atomic E-state index is 12.9. The first kappa shape index (κ1) is 12.1. The van der Waals surface area contributed by atoms with Crippen molar-refractivity contribution in [1.82, 2.24) is 5.32 Å². The van der Waals surface area contributed by atoms with Gasteiger partial charge in [0.2, 0.25) is 0 Å². The monoisotopic (exact) mass is 251 g/mol. The first-order valence-electron chi connectivity index (χ1n) is 6.54. The molecule has 2 aliphatic heterocycles. The summed E-state index contributed by atoms with van der Waals surface area (Å²) < 4.78 is 24.6. The predicted molar refractivity (Wildman–Crippen MR) is 65.6 cm³/mol. The Morgan fingerprint density at radius 1 is 1.17 bits per heavy atom. The van der Waals surface area contributed by atoms with Gasteiger partial charge in [-0.05, 0) is 24.1 Å². The number of hydrogen-bond donors (Lipinski definition) is 1. The van der Waals surface area contributed by atoms with Crippen molar-refractivity contribution in [2.75, 3.05) is 19.8 Å². The fraction of sp³-hybridized carbons (Fsp3) is 0.571. The Balaban J connectivity index is 1.75. The van der Waals surface area contributed by atoms with Crippen LogP contribution < -0.4 is 5.32 Å². The van der Waals surface area contributed by atoms with Gasteiger partial charge in [0.1, 0.15) is 5.82 Å². The fourth-order valence-corrected chi connectivity index (χ4v) is 2.73. The van der Waals surface area contributed by atoms with E-state index in [2.05, 4.69) is 5.32 Å². The number of halogens is 1. The summed E-state index contributed by atoms with van der Waals surface area (Å²) in [4.78, 5) is 0. The summed E-state index contributed by atoms with van der Waals surface area (Å²) in [5.41, 5.74) is 1.09. The van der Waals surface area contributed by atoms with Crippen molar-refractivity contribution in [2.45, 2.75) is 31.1 Å². The van der Waals surface area contributed by atoms with E-state index in [1.54, 1.807) is 0 Å². The van der Waals surface area contributed by atoms with Crippen LogP contribution >= 0.6 is 0 Å². The lowest BCUT2D eigenvalue weighted by atomic mass is 9.92. The van der Waals surface area contributed by atoms with Crippen LogP contribution in [0.25, 0.3) is 0 Å². The van der Waals surface area contributed by atoms with Crippen molar-refractivity contribution in [3.63, 3.8) is 0 Å².